The number of hydrogen-bond acceptors (Lipinski definition) is 4. The largest absolute Gasteiger partial charge is 0.296 e. The van der Waals surface area contributed by atoms with Gasteiger partial charge in [0.25, 0.3) is 0 Å². The molecule has 1 aliphatic heterocycles. The number of thioether (sulfide) groups is 1. The van der Waals surface area contributed by atoms with Crippen LogP contribution in [-0.2, 0) is 16.6 Å². The van der Waals surface area contributed by atoms with E-state index in [1.165, 1.54) is 24.6 Å². The molecule has 0 spiro atoms. The third kappa shape index (κ3) is 2.54. The lowest BCUT2D eigenvalue weighted by Gasteiger charge is -2.15. The van der Waals surface area contributed by atoms with Gasteiger partial charge in [0.05, 0.1) is 5.69 Å². The maximum absolute atomic E-state index is 12.1. The van der Waals surface area contributed by atoms with Crippen molar-refractivity contribution in [3.63, 3.8) is 0 Å². The molecule has 1 unspecified atom stereocenters. The van der Waals surface area contributed by atoms with Crippen molar-refractivity contribution in [2.24, 2.45) is 7.05 Å². The Bertz CT molecular complexity index is 536. The normalized spacial score (nSPS) is 23.2. The summed E-state index contributed by atoms with van der Waals surface area (Å²) in [5.74, 6) is 1.53. The molecule has 1 saturated heterocycles. The van der Waals surface area contributed by atoms with E-state index in [1.807, 2.05) is 13.1 Å². The average molecular weight is 279 g/mol. The van der Waals surface area contributed by atoms with Crippen LogP contribution in [-0.4, -0.2) is 32.6 Å². The number of carbonyl (C=O) groups excluding carboxylic acids is 2. The predicted octanol–water partition coefficient (Wildman–Crippen LogP) is 1.68. The van der Waals surface area contributed by atoms with Crippen molar-refractivity contribution >= 4 is 28.6 Å². The molecule has 1 saturated carbocycles. The van der Waals surface area contributed by atoms with Gasteiger partial charge in [0.1, 0.15) is 5.82 Å². The molecule has 3 rings (SSSR count). The van der Waals surface area contributed by atoms with E-state index in [0.29, 0.717) is 18.9 Å². The van der Waals surface area contributed by atoms with Crippen LogP contribution in [0.2, 0.25) is 0 Å². The van der Waals surface area contributed by atoms with Crippen molar-refractivity contribution in [1.82, 2.24) is 9.78 Å². The molecule has 6 heteroatoms. The third-order valence-electron chi connectivity index (χ3n) is 3.57. The van der Waals surface area contributed by atoms with Crippen molar-refractivity contribution in [2.45, 2.75) is 37.4 Å². The van der Waals surface area contributed by atoms with Gasteiger partial charge in [-0.15, -0.1) is 0 Å². The van der Waals surface area contributed by atoms with Gasteiger partial charge in [0.2, 0.25) is 5.91 Å². The highest BCUT2D eigenvalue weighted by molar-refractivity contribution is 8.14. The molecular weight excluding hydrogens is 262 g/mol. The summed E-state index contributed by atoms with van der Waals surface area (Å²) in [5, 5.41) is 4.63. The molecule has 5 nitrogen and oxygen atoms in total. The third-order valence-corrected chi connectivity index (χ3v) is 4.55. The zero-order valence-corrected chi connectivity index (χ0v) is 11.9. The first-order valence-corrected chi connectivity index (χ1v) is 7.44. The first-order valence-electron chi connectivity index (χ1n) is 6.56. The van der Waals surface area contributed by atoms with Crippen LogP contribution in [0.5, 0.6) is 0 Å². The molecule has 0 radical (unpaired) electrons. The summed E-state index contributed by atoms with van der Waals surface area (Å²) >= 11 is 1.26. The van der Waals surface area contributed by atoms with Crippen LogP contribution in [0.3, 0.4) is 0 Å². The second-order valence-corrected chi connectivity index (χ2v) is 6.74. The standard InChI is InChI=1S/C13H17N3O2S/c1-8(17)19-10-5-13(18)16(7-10)12-6-11(9-3-4-9)14-15(12)2/h6,9-10H,3-5,7H2,1-2H3. The fraction of sp³-hybridized carbons (Fsp3) is 0.615. The van der Waals surface area contributed by atoms with Gasteiger partial charge < -0.3 is 0 Å². The van der Waals surface area contributed by atoms with Crippen LogP contribution in [0.15, 0.2) is 6.07 Å². The highest BCUT2D eigenvalue weighted by atomic mass is 32.2. The molecule has 102 valence electrons. The molecule has 1 aromatic heterocycles. The first-order chi connectivity index (χ1) is 9.04. The Morgan fingerprint density at radius 2 is 2.21 bits per heavy atom. The molecule has 1 aliphatic carbocycles. The van der Waals surface area contributed by atoms with Crippen molar-refractivity contribution in [1.29, 1.82) is 0 Å². The Balaban J connectivity index is 1.78. The van der Waals surface area contributed by atoms with Gasteiger partial charge in [0.15, 0.2) is 5.12 Å². The molecule has 2 aliphatic rings. The number of anilines is 1. The fourth-order valence-electron chi connectivity index (χ4n) is 2.52. The van der Waals surface area contributed by atoms with Gasteiger partial charge in [-0.3, -0.25) is 19.2 Å². The number of hydrogen-bond donors (Lipinski definition) is 0. The Morgan fingerprint density at radius 1 is 1.47 bits per heavy atom. The summed E-state index contributed by atoms with van der Waals surface area (Å²) in [6, 6.07) is 2.02. The van der Waals surface area contributed by atoms with Gasteiger partial charge in [0, 0.05) is 44.2 Å². The van der Waals surface area contributed by atoms with E-state index < -0.39 is 0 Å². The number of nitrogens with zero attached hydrogens (tertiary/aromatic N) is 3. The van der Waals surface area contributed by atoms with E-state index in [-0.39, 0.29) is 16.3 Å². The second-order valence-electron chi connectivity index (χ2n) is 5.27. The van der Waals surface area contributed by atoms with Gasteiger partial charge in [-0.05, 0) is 12.8 Å². The average Bonchev–Trinajstić information content (AvgIpc) is 3.01. The molecule has 2 fully saturated rings. The van der Waals surface area contributed by atoms with Crippen molar-refractivity contribution < 1.29 is 9.59 Å². The van der Waals surface area contributed by atoms with Crippen LogP contribution in [0.25, 0.3) is 0 Å². The lowest BCUT2D eigenvalue weighted by molar-refractivity contribution is -0.117. The van der Waals surface area contributed by atoms with Crippen molar-refractivity contribution in [3.05, 3.63) is 11.8 Å². The van der Waals surface area contributed by atoms with Gasteiger partial charge in [-0.1, -0.05) is 11.8 Å². The number of rotatable bonds is 3. The molecule has 1 atom stereocenters. The van der Waals surface area contributed by atoms with Crippen LogP contribution in [0.1, 0.15) is 37.8 Å². The summed E-state index contributed by atoms with van der Waals surface area (Å²) in [6.07, 6.45) is 2.84. The van der Waals surface area contributed by atoms with Crippen LogP contribution in [0.4, 0.5) is 5.82 Å². The SMILES string of the molecule is CC(=O)SC1CC(=O)N(c2cc(C3CC3)nn2C)C1. The van der Waals surface area contributed by atoms with E-state index in [1.54, 1.807) is 16.5 Å². The number of aryl methyl sites for hydroxylation is 1. The smallest absolute Gasteiger partial charge is 0.229 e. The van der Waals surface area contributed by atoms with E-state index >= 15 is 0 Å². The van der Waals surface area contributed by atoms with E-state index in [9.17, 15) is 9.59 Å². The summed E-state index contributed by atoms with van der Waals surface area (Å²) in [6.45, 7) is 2.15. The lowest BCUT2D eigenvalue weighted by Crippen LogP contribution is -2.27. The molecule has 2 heterocycles. The van der Waals surface area contributed by atoms with Crippen LogP contribution >= 0.6 is 11.8 Å². The minimum atomic E-state index is 0.0725. The Morgan fingerprint density at radius 3 is 2.84 bits per heavy atom. The maximum atomic E-state index is 12.1. The second kappa shape index (κ2) is 4.67. The summed E-state index contributed by atoms with van der Waals surface area (Å²) in [4.78, 5) is 25.0. The minimum absolute atomic E-state index is 0.0725. The molecule has 0 bridgehead atoms. The quantitative estimate of drug-likeness (QED) is 0.845. The highest BCUT2D eigenvalue weighted by Crippen LogP contribution is 2.41. The van der Waals surface area contributed by atoms with Gasteiger partial charge >= 0.3 is 0 Å². The topological polar surface area (TPSA) is 55.2 Å². The minimum Gasteiger partial charge on any atom is -0.296 e. The molecular formula is C13H17N3O2S. The number of amides is 1. The van der Waals surface area contributed by atoms with Crippen LogP contribution in [0, 0.1) is 0 Å². The van der Waals surface area contributed by atoms with Crippen LogP contribution < -0.4 is 4.90 Å². The van der Waals surface area contributed by atoms with Crippen molar-refractivity contribution in [2.75, 3.05) is 11.4 Å². The van der Waals surface area contributed by atoms with Crippen molar-refractivity contribution in [3.8, 4) is 0 Å². The summed E-state index contributed by atoms with van der Waals surface area (Å²) in [7, 11) is 1.87. The monoisotopic (exact) mass is 279 g/mol. The van der Waals surface area contributed by atoms with E-state index in [0.717, 1.165) is 11.5 Å². The number of aromatic nitrogens is 2. The zero-order chi connectivity index (χ0) is 13.6. The Labute approximate surface area is 116 Å². The molecule has 19 heavy (non-hydrogen) atoms. The zero-order valence-electron chi connectivity index (χ0n) is 11.1. The molecule has 0 N–H and O–H groups in total. The maximum Gasteiger partial charge on any atom is 0.229 e. The Hall–Kier alpha value is -1.30. The first kappa shape index (κ1) is 12.7. The number of carbonyl (C=O) groups is 2. The lowest BCUT2D eigenvalue weighted by atomic mass is 10.3. The van der Waals surface area contributed by atoms with Gasteiger partial charge in [-0.25, -0.2) is 0 Å². The predicted molar refractivity (Wildman–Crippen MR) is 74.2 cm³/mol. The molecule has 1 amide bonds. The molecule has 0 aromatic carbocycles. The summed E-state index contributed by atoms with van der Waals surface area (Å²) in [5.41, 5.74) is 1.09. The van der Waals surface area contributed by atoms with E-state index in [2.05, 4.69) is 5.10 Å². The fourth-order valence-corrected chi connectivity index (χ4v) is 3.44. The highest BCUT2D eigenvalue weighted by Gasteiger charge is 2.35. The van der Waals surface area contributed by atoms with E-state index in [4.69, 9.17) is 0 Å². The Kier molecular flexibility index (Phi) is 3.12. The summed E-state index contributed by atoms with van der Waals surface area (Å²) < 4.78 is 1.78. The molecule has 1 aromatic rings. The van der Waals surface area contributed by atoms with Gasteiger partial charge in [-0.2, -0.15) is 5.10 Å².